The van der Waals surface area contributed by atoms with Gasteiger partial charge in [-0.15, -0.1) is 6.58 Å². The van der Waals surface area contributed by atoms with Crippen LogP contribution in [0.4, 0.5) is 10.5 Å². The van der Waals surface area contributed by atoms with Gasteiger partial charge < -0.3 is 10.1 Å². The Balaban J connectivity index is 2.05. The Kier molecular flexibility index (Phi) is 9.81. The molecule has 0 saturated carbocycles. The topological polar surface area (TPSA) is 122 Å². The lowest BCUT2D eigenvalue weighted by molar-refractivity contribution is -0.123. The molecule has 0 aliphatic rings. The summed E-state index contributed by atoms with van der Waals surface area (Å²) in [5.41, 5.74) is 0.389. The highest BCUT2D eigenvalue weighted by Crippen LogP contribution is 2.24. The van der Waals surface area contributed by atoms with Crippen LogP contribution in [0.1, 0.15) is 30.6 Å². The van der Waals surface area contributed by atoms with Crippen LogP contribution in [-0.2, 0) is 19.6 Å². The van der Waals surface area contributed by atoms with Crippen LogP contribution >= 0.6 is 0 Å². The van der Waals surface area contributed by atoms with Gasteiger partial charge in [-0.3, -0.25) is 14.4 Å². The van der Waals surface area contributed by atoms with Crippen molar-refractivity contribution >= 4 is 33.6 Å². The number of rotatable bonds is 11. The van der Waals surface area contributed by atoms with Crippen molar-refractivity contribution in [3.05, 3.63) is 72.8 Å². The molecule has 2 rings (SSSR count). The zero-order chi connectivity index (χ0) is 25.1. The molecule has 0 radical (unpaired) electrons. The first-order valence-electron chi connectivity index (χ1n) is 10.7. The minimum absolute atomic E-state index is 0.0282. The van der Waals surface area contributed by atoms with E-state index in [-0.39, 0.29) is 17.0 Å². The van der Waals surface area contributed by atoms with Crippen LogP contribution in [0.3, 0.4) is 0 Å². The third kappa shape index (κ3) is 7.73. The Morgan fingerprint density at radius 2 is 1.79 bits per heavy atom. The van der Waals surface area contributed by atoms with Gasteiger partial charge in [0.1, 0.15) is 0 Å². The van der Waals surface area contributed by atoms with E-state index in [1.807, 2.05) is 13.8 Å². The van der Waals surface area contributed by atoms with Crippen LogP contribution < -0.4 is 14.9 Å². The highest BCUT2D eigenvalue weighted by molar-refractivity contribution is 7.92. The van der Waals surface area contributed by atoms with E-state index in [1.165, 1.54) is 30.3 Å². The van der Waals surface area contributed by atoms with Crippen LogP contribution in [0, 0.1) is 5.92 Å². The Morgan fingerprint density at radius 1 is 1.09 bits per heavy atom. The van der Waals surface area contributed by atoms with E-state index in [4.69, 9.17) is 4.74 Å². The number of sulfonamides is 1. The summed E-state index contributed by atoms with van der Waals surface area (Å²) < 4.78 is 32.6. The molecule has 0 spiro atoms. The van der Waals surface area contributed by atoms with E-state index in [0.29, 0.717) is 18.2 Å². The molecule has 2 aromatic carbocycles. The third-order valence-electron chi connectivity index (χ3n) is 4.59. The third-order valence-corrected chi connectivity index (χ3v) is 6.38. The van der Waals surface area contributed by atoms with E-state index < -0.39 is 34.5 Å². The van der Waals surface area contributed by atoms with Crippen LogP contribution in [0.2, 0.25) is 0 Å². The number of carbonyl (C=O) groups is 3. The molecule has 0 heterocycles. The van der Waals surface area contributed by atoms with Gasteiger partial charge in [0.2, 0.25) is 0 Å². The molecule has 0 atom stereocenters. The average Bonchev–Trinajstić information content (AvgIpc) is 2.81. The molecule has 2 aromatic rings. The van der Waals surface area contributed by atoms with Gasteiger partial charge in [-0.1, -0.05) is 44.2 Å². The second-order valence-corrected chi connectivity index (χ2v) is 9.61. The molecule has 182 valence electrons. The van der Waals surface area contributed by atoms with Gasteiger partial charge in [-0.05, 0) is 42.7 Å². The number of ether oxygens (including phenoxy) is 1. The fourth-order valence-electron chi connectivity index (χ4n) is 2.86. The summed E-state index contributed by atoms with van der Waals surface area (Å²) in [7, 11) is -4.01. The van der Waals surface area contributed by atoms with Crippen molar-refractivity contribution in [1.29, 1.82) is 0 Å². The largest absolute Gasteiger partial charge is 0.452 e. The summed E-state index contributed by atoms with van der Waals surface area (Å²) in [6, 6.07) is 13.1. The number of anilines is 1. The Hall–Kier alpha value is -3.66. The van der Waals surface area contributed by atoms with Gasteiger partial charge in [-0.25, -0.2) is 18.0 Å². The first kappa shape index (κ1) is 26.6. The number of urea groups is 1. The minimum atomic E-state index is -4.01. The summed E-state index contributed by atoms with van der Waals surface area (Å²) in [5.74, 6) is -1.31. The molecule has 0 aliphatic carbocycles. The highest BCUT2D eigenvalue weighted by Gasteiger charge is 2.25. The number of hydrogen-bond donors (Lipinski definition) is 2. The fourth-order valence-corrected chi connectivity index (χ4v) is 4.34. The van der Waals surface area contributed by atoms with Crippen LogP contribution in [0.25, 0.3) is 0 Å². The average molecular weight is 488 g/mol. The smallest absolute Gasteiger partial charge is 0.338 e. The Labute approximate surface area is 199 Å². The molecule has 0 aliphatic heterocycles. The number of para-hydroxylation sites is 1. The normalized spacial score (nSPS) is 10.9. The van der Waals surface area contributed by atoms with Crippen LogP contribution in [0.15, 0.2) is 72.1 Å². The second kappa shape index (κ2) is 12.5. The molecule has 3 amide bonds. The van der Waals surface area contributed by atoms with Gasteiger partial charge in [-0.2, -0.15) is 0 Å². The lowest BCUT2D eigenvalue weighted by Gasteiger charge is -2.23. The molecule has 0 bridgehead atoms. The van der Waals surface area contributed by atoms with Gasteiger partial charge in [0, 0.05) is 6.54 Å². The molecule has 34 heavy (non-hydrogen) atoms. The van der Waals surface area contributed by atoms with E-state index in [9.17, 15) is 22.8 Å². The number of amides is 3. The first-order valence-corrected chi connectivity index (χ1v) is 12.1. The predicted molar refractivity (Wildman–Crippen MR) is 129 cm³/mol. The second-order valence-electron chi connectivity index (χ2n) is 7.75. The zero-order valence-electron chi connectivity index (χ0n) is 19.2. The molecular weight excluding hydrogens is 458 g/mol. The van der Waals surface area contributed by atoms with Crippen molar-refractivity contribution in [2.75, 3.05) is 24.0 Å². The van der Waals surface area contributed by atoms with E-state index in [1.54, 1.807) is 30.3 Å². The number of benzene rings is 2. The minimum Gasteiger partial charge on any atom is -0.452 e. The maximum atomic E-state index is 13.2. The van der Waals surface area contributed by atoms with Crippen molar-refractivity contribution in [2.45, 2.75) is 25.2 Å². The van der Waals surface area contributed by atoms with Gasteiger partial charge >= 0.3 is 12.0 Å². The summed E-state index contributed by atoms with van der Waals surface area (Å²) >= 11 is 0. The molecule has 10 heteroatoms. The molecule has 0 saturated heterocycles. The van der Waals surface area contributed by atoms with E-state index in [0.717, 1.165) is 10.7 Å². The number of esters is 1. The zero-order valence-corrected chi connectivity index (χ0v) is 20.0. The summed E-state index contributed by atoms with van der Waals surface area (Å²) in [6.45, 7) is 7.36. The quantitative estimate of drug-likeness (QED) is 0.371. The summed E-state index contributed by atoms with van der Waals surface area (Å²) in [5, 5.41) is 4.60. The van der Waals surface area contributed by atoms with Crippen molar-refractivity contribution in [3.63, 3.8) is 0 Å². The van der Waals surface area contributed by atoms with Crippen LogP contribution in [-0.4, -0.2) is 46.0 Å². The maximum absolute atomic E-state index is 13.2. The van der Waals surface area contributed by atoms with Crippen molar-refractivity contribution in [3.8, 4) is 0 Å². The standard InChI is InChI=1S/C24H29N3O6S/c1-4-15-27(20-10-6-5-7-11-20)34(31,32)21-12-8-9-19(16-21)23(29)33-17-22(28)26-24(30)25-14-13-18(2)3/h4-12,16,18H,1,13-15,17H2,2-3H3,(H2,25,26,28,30). The van der Waals surface area contributed by atoms with E-state index in [2.05, 4.69) is 17.2 Å². The fraction of sp³-hybridized carbons (Fsp3) is 0.292. The first-order chi connectivity index (χ1) is 16.1. The lowest BCUT2D eigenvalue weighted by Crippen LogP contribution is -2.42. The molecule has 9 nitrogen and oxygen atoms in total. The number of hydrogen-bond acceptors (Lipinski definition) is 6. The Bertz CT molecular complexity index is 1120. The lowest BCUT2D eigenvalue weighted by atomic mass is 10.1. The number of nitrogens with zero attached hydrogens (tertiary/aromatic N) is 1. The van der Waals surface area contributed by atoms with Crippen molar-refractivity contribution < 1.29 is 27.5 Å². The summed E-state index contributed by atoms with van der Waals surface area (Å²) in [6.07, 6.45) is 2.21. The van der Waals surface area contributed by atoms with Crippen molar-refractivity contribution in [2.24, 2.45) is 5.92 Å². The van der Waals surface area contributed by atoms with Crippen molar-refractivity contribution in [1.82, 2.24) is 10.6 Å². The van der Waals surface area contributed by atoms with Gasteiger partial charge in [0.15, 0.2) is 6.61 Å². The van der Waals surface area contributed by atoms with Gasteiger partial charge in [0.25, 0.3) is 15.9 Å². The monoisotopic (exact) mass is 487 g/mol. The molecule has 0 unspecified atom stereocenters. The highest BCUT2D eigenvalue weighted by atomic mass is 32.2. The number of imide groups is 1. The maximum Gasteiger partial charge on any atom is 0.338 e. The van der Waals surface area contributed by atoms with Crippen LogP contribution in [0.5, 0.6) is 0 Å². The number of carbonyl (C=O) groups excluding carboxylic acids is 3. The number of nitrogens with one attached hydrogen (secondary N) is 2. The predicted octanol–water partition coefficient (Wildman–Crippen LogP) is 3.10. The van der Waals surface area contributed by atoms with Gasteiger partial charge in [0.05, 0.1) is 22.7 Å². The Morgan fingerprint density at radius 3 is 2.44 bits per heavy atom. The molecule has 0 fully saturated rings. The SMILES string of the molecule is C=CCN(c1ccccc1)S(=O)(=O)c1cccc(C(=O)OCC(=O)NC(=O)NCCC(C)C)c1. The van der Waals surface area contributed by atoms with E-state index >= 15 is 0 Å². The summed E-state index contributed by atoms with van der Waals surface area (Å²) in [4.78, 5) is 35.8. The molecule has 2 N–H and O–H groups in total. The molecular formula is C24H29N3O6S. The molecule has 0 aromatic heterocycles.